The molecule has 0 fully saturated rings. The summed E-state index contributed by atoms with van der Waals surface area (Å²) in [6.07, 6.45) is 0. The summed E-state index contributed by atoms with van der Waals surface area (Å²) in [6.45, 7) is 11.5. The molecule has 0 spiro atoms. The average molecular weight is 526 g/mol. The van der Waals surface area contributed by atoms with Crippen LogP contribution in [0.25, 0.3) is 0 Å². The Balaban J connectivity index is 2.03. The van der Waals surface area contributed by atoms with Crippen LogP contribution in [0.15, 0.2) is 44.9 Å². The summed E-state index contributed by atoms with van der Waals surface area (Å²) in [5, 5.41) is 15.1. The topological polar surface area (TPSA) is 134 Å². The number of nitrogens with one attached hydrogen (secondary N) is 2. The summed E-state index contributed by atoms with van der Waals surface area (Å²) in [4.78, 5) is 4.81. The number of anilines is 2. The van der Waals surface area contributed by atoms with Gasteiger partial charge in [0.15, 0.2) is 21.1 Å². The summed E-state index contributed by atoms with van der Waals surface area (Å²) in [7, 11) is -2.45. The van der Waals surface area contributed by atoms with Crippen molar-refractivity contribution in [1.82, 2.24) is 13.1 Å². The van der Waals surface area contributed by atoms with Gasteiger partial charge < -0.3 is 15.0 Å². The number of aromatic amines is 1. The van der Waals surface area contributed by atoms with E-state index in [0.29, 0.717) is 0 Å². The SMILES string of the molecule is CN(C(C)(C)C)S(=O)(=O)c1scc(Nc2n[s+]([O-])[nH]c2=N[C@@H](c2ccccc2)C(C)(C)C)c1O. The van der Waals surface area contributed by atoms with Crippen LogP contribution in [0.4, 0.5) is 11.5 Å². The Morgan fingerprint density at radius 3 is 2.38 bits per heavy atom. The Hall–Kier alpha value is -2.25. The monoisotopic (exact) mass is 525 g/mol. The molecule has 12 heteroatoms. The Bertz CT molecular complexity index is 1310. The first-order valence-electron chi connectivity index (χ1n) is 10.6. The van der Waals surface area contributed by atoms with Crippen LogP contribution in [0.1, 0.15) is 53.1 Å². The minimum atomic E-state index is -3.92. The molecule has 0 aliphatic heterocycles. The number of benzene rings is 1. The van der Waals surface area contributed by atoms with Crippen LogP contribution < -0.4 is 10.8 Å². The molecule has 0 radical (unpaired) electrons. The second-order valence-corrected chi connectivity index (χ2v) is 13.9. The fourth-order valence-electron chi connectivity index (χ4n) is 3.20. The van der Waals surface area contributed by atoms with Gasteiger partial charge in [-0.25, -0.2) is 8.42 Å². The van der Waals surface area contributed by atoms with Gasteiger partial charge in [0.2, 0.25) is 11.3 Å². The number of hydrogen-bond donors (Lipinski definition) is 3. The van der Waals surface area contributed by atoms with Crippen LogP contribution >= 0.6 is 22.5 Å². The Morgan fingerprint density at radius 1 is 1.21 bits per heavy atom. The summed E-state index contributed by atoms with van der Waals surface area (Å²) < 4.78 is 46.0. The van der Waals surface area contributed by atoms with E-state index in [-0.39, 0.29) is 32.7 Å². The van der Waals surface area contributed by atoms with Crippen LogP contribution in [0.2, 0.25) is 0 Å². The molecule has 0 amide bonds. The first-order chi connectivity index (χ1) is 15.6. The molecule has 0 bridgehead atoms. The molecular formula is C22H31N5O4S3. The number of hydrogen-bond acceptors (Lipinski definition) is 8. The number of sulfonamides is 1. The van der Waals surface area contributed by atoms with Gasteiger partial charge in [-0.1, -0.05) is 51.1 Å². The normalized spacial score (nSPS) is 15.1. The molecule has 0 aliphatic rings. The van der Waals surface area contributed by atoms with E-state index in [4.69, 9.17) is 4.99 Å². The average Bonchev–Trinajstić information content (AvgIpc) is 3.27. The van der Waals surface area contributed by atoms with Gasteiger partial charge in [0.05, 0.1) is 11.7 Å². The number of rotatable bonds is 6. The maximum absolute atomic E-state index is 13.0. The summed E-state index contributed by atoms with van der Waals surface area (Å²) in [5.41, 5.74) is 0.472. The molecule has 9 nitrogen and oxygen atoms in total. The molecule has 0 saturated carbocycles. The minimum absolute atomic E-state index is 0.144. The van der Waals surface area contributed by atoms with Gasteiger partial charge in [-0.05, 0) is 31.7 Å². The van der Waals surface area contributed by atoms with E-state index in [2.05, 4.69) is 34.8 Å². The highest BCUT2D eigenvalue weighted by atomic mass is 32.2. The lowest BCUT2D eigenvalue weighted by atomic mass is 9.83. The van der Waals surface area contributed by atoms with E-state index in [0.717, 1.165) is 16.9 Å². The fourth-order valence-corrected chi connectivity index (χ4v) is 6.77. The van der Waals surface area contributed by atoms with Crippen LogP contribution in [-0.2, 0) is 10.0 Å². The van der Waals surface area contributed by atoms with Gasteiger partial charge in [-0.3, -0.25) is 4.99 Å². The number of H-pyrrole nitrogens is 1. The number of aromatic nitrogens is 2. The Morgan fingerprint density at radius 2 is 1.82 bits per heavy atom. The van der Waals surface area contributed by atoms with E-state index in [1.807, 2.05) is 30.3 Å². The highest BCUT2D eigenvalue weighted by Crippen LogP contribution is 2.41. The van der Waals surface area contributed by atoms with Crippen LogP contribution in [0.3, 0.4) is 0 Å². The van der Waals surface area contributed by atoms with Gasteiger partial charge in [0.1, 0.15) is 0 Å². The van der Waals surface area contributed by atoms with Crippen molar-refractivity contribution in [2.75, 3.05) is 12.4 Å². The van der Waals surface area contributed by atoms with Crippen molar-refractivity contribution < 1.29 is 18.1 Å². The molecule has 3 aromatic rings. The highest BCUT2D eigenvalue weighted by Gasteiger charge is 2.35. The zero-order chi connectivity index (χ0) is 25.5. The van der Waals surface area contributed by atoms with E-state index in [9.17, 15) is 18.1 Å². The van der Waals surface area contributed by atoms with Crippen LogP contribution in [-0.4, -0.2) is 43.7 Å². The van der Waals surface area contributed by atoms with Gasteiger partial charge >= 0.3 is 0 Å². The molecular weight excluding hydrogens is 494 g/mol. The molecule has 3 N–H and O–H groups in total. The van der Waals surface area contributed by atoms with Crippen molar-refractivity contribution in [1.29, 1.82) is 0 Å². The van der Waals surface area contributed by atoms with Crippen LogP contribution in [0, 0.1) is 5.41 Å². The number of thiophene rings is 1. The molecule has 2 heterocycles. The fraction of sp³-hybridized carbons (Fsp3) is 0.455. The van der Waals surface area contributed by atoms with Crippen molar-refractivity contribution >= 4 is 44.0 Å². The molecule has 34 heavy (non-hydrogen) atoms. The third kappa shape index (κ3) is 5.52. The highest BCUT2D eigenvalue weighted by molar-refractivity contribution is 7.91. The lowest BCUT2D eigenvalue weighted by molar-refractivity contribution is 0.291. The van der Waals surface area contributed by atoms with E-state index in [1.54, 1.807) is 20.8 Å². The first kappa shape index (κ1) is 26.4. The molecule has 2 aromatic heterocycles. The molecule has 0 saturated heterocycles. The minimum Gasteiger partial charge on any atom is -0.548 e. The lowest BCUT2D eigenvalue weighted by Crippen LogP contribution is -2.42. The van der Waals surface area contributed by atoms with Gasteiger partial charge in [0, 0.05) is 22.3 Å². The zero-order valence-corrected chi connectivity index (χ0v) is 22.7. The van der Waals surface area contributed by atoms with E-state index < -0.39 is 32.5 Å². The summed E-state index contributed by atoms with van der Waals surface area (Å²) in [6, 6.07) is 9.47. The number of aromatic hydroxyl groups is 1. The maximum Gasteiger partial charge on any atom is 0.256 e. The zero-order valence-electron chi connectivity index (χ0n) is 20.3. The number of nitrogens with zero attached hydrogens (tertiary/aromatic N) is 3. The van der Waals surface area contributed by atoms with Crippen molar-refractivity contribution in [2.45, 2.75) is 57.3 Å². The lowest BCUT2D eigenvalue weighted by Gasteiger charge is -2.30. The van der Waals surface area contributed by atoms with Gasteiger partial charge in [0.25, 0.3) is 10.0 Å². The predicted molar refractivity (Wildman–Crippen MR) is 135 cm³/mol. The van der Waals surface area contributed by atoms with Crippen molar-refractivity contribution in [3.63, 3.8) is 0 Å². The first-order valence-corrected chi connectivity index (χ1v) is 14.0. The molecule has 1 aromatic carbocycles. The van der Waals surface area contributed by atoms with Gasteiger partial charge in [-0.2, -0.15) is 4.31 Å². The van der Waals surface area contributed by atoms with E-state index >= 15 is 0 Å². The third-order valence-electron chi connectivity index (χ3n) is 5.30. The molecule has 3 rings (SSSR count). The maximum atomic E-state index is 13.0. The van der Waals surface area contributed by atoms with Crippen molar-refractivity contribution in [2.24, 2.45) is 10.4 Å². The van der Waals surface area contributed by atoms with Gasteiger partial charge in [-0.15, -0.1) is 15.7 Å². The second-order valence-electron chi connectivity index (χ2n) is 10.0. The largest absolute Gasteiger partial charge is 0.548 e. The van der Waals surface area contributed by atoms with Crippen LogP contribution in [0.5, 0.6) is 5.75 Å². The summed E-state index contributed by atoms with van der Waals surface area (Å²) in [5.74, 6) is -0.263. The summed E-state index contributed by atoms with van der Waals surface area (Å²) >= 11 is -0.858. The second kappa shape index (κ2) is 9.42. The molecule has 186 valence electrons. The third-order valence-corrected chi connectivity index (χ3v) is 9.63. The molecule has 2 atom stereocenters. The predicted octanol–water partition coefficient (Wildman–Crippen LogP) is 4.76. The Labute approximate surface area is 207 Å². The Kier molecular flexibility index (Phi) is 7.30. The van der Waals surface area contributed by atoms with Crippen molar-refractivity contribution in [3.05, 3.63) is 46.8 Å². The standard InChI is InChI=1S/C22H31N5O4S3/c1-21(2,3)17(14-11-9-8-10-12-14)24-19-18(25-33(29)26-19)23-15-13-32-20(16(15)28)34(30,31)27(7)22(4,5)6/h8-13,17,28H,1-7H3,(H,23,25)(H,24,26)/t17-,33?/m0/s1. The molecule has 1 unspecified atom stereocenters. The molecule has 0 aliphatic carbocycles. The smallest absolute Gasteiger partial charge is 0.256 e. The van der Waals surface area contributed by atoms with E-state index in [1.165, 1.54) is 16.7 Å². The quantitative estimate of drug-likeness (QED) is 0.398. The van der Waals surface area contributed by atoms with Crippen molar-refractivity contribution in [3.8, 4) is 5.75 Å².